The number of aromatic amines is 2. The molecule has 6 aromatic rings. The number of nitrogens with two attached hydrogens (primary N) is 1. The van der Waals surface area contributed by atoms with Crippen LogP contribution in [0.15, 0.2) is 79.1 Å². The minimum absolute atomic E-state index is 0.0384. The number of nitrogens with zero attached hydrogens (tertiary/aromatic N) is 5. The number of aliphatic hydroxyl groups is 3. The molecule has 5 atom stereocenters. The van der Waals surface area contributed by atoms with Crippen LogP contribution < -0.4 is 10.5 Å². The summed E-state index contributed by atoms with van der Waals surface area (Å²) in [4.78, 5) is 33.8. The van der Waals surface area contributed by atoms with Crippen molar-refractivity contribution in [3.63, 3.8) is 0 Å². The lowest BCUT2D eigenvalue weighted by molar-refractivity contribution is -0.243. The van der Waals surface area contributed by atoms with Crippen molar-refractivity contribution in [2.24, 2.45) is 11.7 Å². The van der Waals surface area contributed by atoms with Crippen LogP contribution in [0.1, 0.15) is 114 Å². The largest absolute Gasteiger partial charge is 0.469 e. The van der Waals surface area contributed by atoms with Crippen molar-refractivity contribution < 1.29 is 29.6 Å². The lowest BCUT2D eigenvalue weighted by Gasteiger charge is -2.32. The number of benzene rings is 3. The predicted octanol–water partition coefficient (Wildman–Crippen LogP) is 7.47. The molecular formula is C48H58N8O6. The van der Waals surface area contributed by atoms with Gasteiger partial charge in [0.05, 0.1) is 58.7 Å². The Kier molecular flexibility index (Phi) is 11.3. The minimum Gasteiger partial charge on any atom is -0.469 e. The van der Waals surface area contributed by atoms with Crippen molar-refractivity contribution in [1.82, 2.24) is 34.3 Å². The first-order valence-electron chi connectivity index (χ1n) is 21.9. The van der Waals surface area contributed by atoms with Gasteiger partial charge in [0.2, 0.25) is 12.3 Å². The van der Waals surface area contributed by atoms with Gasteiger partial charge in [-0.25, -0.2) is 14.9 Å². The first-order valence-corrected chi connectivity index (χ1v) is 21.9. The lowest BCUT2D eigenvalue weighted by Crippen LogP contribution is -2.46. The van der Waals surface area contributed by atoms with Gasteiger partial charge in [0.15, 0.2) is 12.5 Å². The summed E-state index contributed by atoms with van der Waals surface area (Å²) >= 11 is 0. The second-order valence-electron chi connectivity index (χ2n) is 18.4. The molecule has 0 spiro atoms. The van der Waals surface area contributed by atoms with Gasteiger partial charge in [0, 0.05) is 47.2 Å². The zero-order valence-corrected chi connectivity index (χ0v) is 36.1. The molecule has 326 valence electrons. The first-order chi connectivity index (χ1) is 29.7. The second-order valence-corrected chi connectivity index (χ2v) is 18.4. The summed E-state index contributed by atoms with van der Waals surface area (Å²) in [6.07, 6.45) is 5.54. The highest BCUT2D eigenvalue weighted by atomic mass is 16.6. The summed E-state index contributed by atoms with van der Waals surface area (Å²) in [7, 11) is 0. The van der Waals surface area contributed by atoms with Gasteiger partial charge in [0.1, 0.15) is 17.4 Å². The molecule has 3 aliphatic heterocycles. The Morgan fingerprint density at radius 1 is 0.903 bits per heavy atom. The number of ether oxygens (including phenoxy) is 2. The van der Waals surface area contributed by atoms with E-state index < -0.39 is 24.3 Å². The van der Waals surface area contributed by atoms with Crippen LogP contribution in [0, 0.1) is 5.92 Å². The molecule has 0 aliphatic carbocycles. The molecule has 62 heavy (non-hydrogen) atoms. The number of nitrogens with one attached hydrogen (secondary N) is 2. The number of aryl methyl sites for hydroxylation is 1. The maximum absolute atomic E-state index is 13.3. The summed E-state index contributed by atoms with van der Waals surface area (Å²) in [6, 6.07) is 21.4. The second kappa shape index (κ2) is 16.7. The number of amides is 1. The van der Waals surface area contributed by atoms with Gasteiger partial charge in [-0.1, -0.05) is 50.2 Å². The summed E-state index contributed by atoms with van der Waals surface area (Å²) < 4.78 is 15.1. The van der Waals surface area contributed by atoms with Crippen LogP contribution in [-0.2, 0) is 16.0 Å². The van der Waals surface area contributed by atoms with Crippen LogP contribution in [-0.4, -0.2) is 86.7 Å². The van der Waals surface area contributed by atoms with Crippen LogP contribution in [0.2, 0.25) is 0 Å². The van der Waals surface area contributed by atoms with Crippen LogP contribution in [0.4, 0.5) is 0 Å². The van der Waals surface area contributed by atoms with E-state index in [1.165, 1.54) is 0 Å². The van der Waals surface area contributed by atoms with Gasteiger partial charge in [-0.3, -0.25) is 4.79 Å². The van der Waals surface area contributed by atoms with Crippen molar-refractivity contribution in [3.8, 4) is 39.5 Å². The van der Waals surface area contributed by atoms with E-state index in [1.54, 1.807) is 6.07 Å². The SMILES string of the molecule is CC(C)C(N)C(=O)N1CCCC1c1ncc(-c2ccc3c(c2)OC(CCc2cccc(C(O)O)c2)n2c-3cc3cc(-c4cnc(C5CCCN5C(O)OC(C)(C)C)[nH]4)ccc32)[nH]1. The van der Waals surface area contributed by atoms with E-state index in [0.29, 0.717) is 24.9 Å². The van der Waals surface area contributed by atoms with Crippen molar-refractivity contribution in [3.05, 3.63) is 102 Å². The Labute approximate surface area is 361 Å². The number of carbonyl (C=O) groups excluding carboxylic acids is 1. The average molecular weight is 843 g/mol. The molecule has 1 amide bonds. The summed E-state index contributed by atoms with van der Waals surface area (Å²) in [5.74, 6) is 2.31. The molecule has 3 aliphatic rings. The third kappa shape index (κ3) is 8.18. The molecule has 14 nitrogen and oxygen atoms in total. The highest BCUT2D eigenvalue weighted by Gasteiger charge is 2.37. The Hall–Kier alpha value is -5.35. The van der Waals surface area contributed by atoms with E-state index in [4.69, 9.17) is 25.2 Å². The number of aliphatic hydroxyl groups excluding tert-OH is 2. The molecule has 5 unspecified atom stereocenters. The van der Waals surface area contributed by atoms with Crippen LogP contribution >= 0.6 is 0 Å². The number of fused-ring (bicyclic) bond motifs is 5. The Morgan fingerprint density at radius 3 is 2.32 bits per heavy atom. The molecule has 6 heterocycles. The molecule has 3 aromatic carbocycles. The van der Waals surface area contributed by atoms with Crippen LogP contribution in [0.25, 0.3) is 44.7 Å². The molecular weight excluding hydrogens is 785 g/mol. The van der Waals surface area contributed by atoms with Crippen LogP contribution in [0.5, 0.6) is 5.75 Å². The third-order valence-corrected chi connectivity index (χ3v) is 12.6. The van der Waals surface area contributed by atoms with E-state index in [1.807, 2.05) is 75.0 Å². The van der Waals surface area contributed by atoms with Gasteiger partial charge in [-0.05, 0) is 94.7 Å². The zero-order chi connectivity index (χ0) is 43.4. The number of hydrogen-bond acceptors (Lipinski definition) is 10. The van der Waals surface area contributed by atoms with E-state index in [0.717, 1.165) is 99.9 Å². The zero-order valence-electron chi connectivity index (χ0n) is 36.1. The van der Waals surface area contributed by atoms with Gasteiger partial charge in [-0.15, -0.1) is 0 Å². The first kappa shape index (κ1) is 42.0. The van der Waals surface area contributed by atoms with E-state index in [2.05, 4.69) is 57.0 Å². The number of aromatic nitrogens is 5. The molecule has 2 fully saturated rings. The van der Waals surface area contributed by atoms with E-state index >= 15 is 0 Å². The number of H-pyrrole nitrogens is 2. The Morgan fingerprint density at radius 2 is 1.60 bits per heavy atom. The monoisotopic (exact) mass is 842 g/mol. The third-order valence-electron chi connectivity index (χ3n) is 12.6. The quantitative estimate of drug-likeness (QED) is 0.0674. The fraction of sp³-hybridized carbons (Fsp3) is 0.438. The van der Waals surface area contributed by atoms with Crippen molar-refractivity contribution in [2.75, 3.05) is 13.1 Å². The average Bonchev–Trinajstić information content (AvgIpc) is 4.10. The van der Waals surface area contributed by atoms with Gasteiger partial charge >= 0.3 is 0 Å². The molecule has 0 saturated carbocycles. The van der Waals surface area contributed by atoms with E-state index in [9.17, 15) is 20.1 Å². The highest BCUT2D eigenvalue weighted by molar-refractivity contribution is 5.92. The van der Waals surface area contributed by atoms with Gasteiger partial charge < -0.3 is 50.0 Å². The Bertz CT molecular complexity index is 2570. The van der Waals surface area contributed by atoms with Crippen molar-refractivity contribution in [2.45, 2.75) is 116 Å². The number of likely N-dealkylation sites (tertiary alicyclic amines) is 2. The number of carbonyl (C=O) groups is 1. The highest BCUT2D eigenvalue weighted by Crippen LogP contribution is 2.46. The maximum atomic E-state index is 13.3. The summed E-state index contributed by atoms with van der Waals surface area (Å²) in [5, 5.41) is 31.7. The number of rotatable bonds is 12. The van der Waals surface area contributed by atoms with Crippen molar-refractivity contribution in [1.29, 1.82) is 0 Å². The fourth-order valence-corrected chi connectivity index (χ4v) is 9.33. The molecule has 3 aromatic heterocycles. The van der Waals surface area contributed by atoms with Crippen LogP contribution in [0.3, 0.4) is 0 Å². The minimum atomic E-state index is -1.55. The lowest BCUT2D eigenvalue weighted by atomic mass is 10.0. The Balaban J connectivity index is 1.03. The normalized spacial score (nSPS) is 20.2. The molecule has 9 rings (SSSR count). The smallest absolute Gasteiger partial charge is 0.240 e. The molecule has 0 bridgehead atoms. The predicted molar refractivity (Wildman–Crippen MR) is 236 cm³/mol. The van der Waals surface area contributed by atoms with Gasteiger partial charge in [0.25, 0.3) is 0 Å². The maximum Gasteiger partial charge on any atom is 0.240 e. The molecule has 0 radical (unpaired) electrons. The molecule has 14 heteroatoms. The van der Waals surface area contributed by atoms with Gasteiger partial charge in [-0.2, -0.15) is 0 Å². The standard InChI is InChI=1S/C48H58N8O6/c1-27(2)42(49)45(57)54-19-7-11-37(54)43-50-26-35(53-43)30-14-16-33-39-23-32-22-29(34-25-51-44(52-34)38-12-8-20-55(38)47(60)62-48(3,4)5)15-17-36(32)56(39)41(61-40(33)24-30)18-13-28-9-6-10-31(21-28)46(58)59/h6,9-10,14-17,21-27,37-38,41-42,46-47,58-60H,7-8,11-13,18-20,49H2,1-5H3,(H,50,53)(H,51,52). The summed E-state index contributed by atoms with van der Waals surface area (Å²) in [5.41, 5.74) is 13.9. The molecule has 2 saturated heterocycles. The fourth-order valence-electron chi connectivity index (χ4n) is 9.33. The van der Waals surface area contributed by atoms with E-state index in [-0.39, 0.29) is 30.1 Å². The molecule has 7 N–H and O–H groups in total. The number of imidazole rings is 2. The topological polar surface area (TPSA) is 191 Å². The van der Waals surface area contributed by atoms with Crippen molar-refractivity contribution >= 4 is 16.8 Å². The number of hydrogen-bond donors (Lipinski definition) is 6. The summed E-state index contributed by atoms with van der Waals surface area (Å²) in [6.45, 7) is 11.1.